The molecule has 1 nitrogen and oxygen atoms in total. The zero-order chi connectivity index (χ0) is 34.4. The standard InChI is InChI=1S/C52H38O/c1-3-15-40-38(13-1)50(33-20-21-49-45(27-33)37-12-6-8-19-48(37)53-49)39-14-2-4-16-41(39)51(40)42-17-9-10-32-28-47-44(29-43(32)42)36-11-5-7-18-46(36)52(47)34-23-30-22-31(25-34)26-35(52)24-30/h1-21,27-31,34-35H,22-26H2. The van der Waals surface area contributed by atoms with E-state index in [-0.39, 0.29) is 5.41 Å². The summed E-state index contributed by atoms with van der Waals surface area (Å²) in [5.74, 6) is 3.41. The summed E-state index contributed by atoms with van der Waals surface area (Å²) in [5, 5.41) is 10.2. The summed E-state index contributed by atoms with van der Waals surface area (Å²) in [6, 6.07) is 55.2. The number of hydrogen-bond acceptors (Lipinski definition) is 1. The van der Waals surface area contributed by atoms with Gasteiger partial charge in [-0.25, -0.2) is 0 Å². The van der Waals surface area contributed by atoms with Crippen molar-refractivity contribution in [1.29, 1.82) is 0 Å². The van der Waals surface area contributed by atoms with Gasteiger partial charge in [0.15, 0.2) is 0 Å². The van der Waals surface area contributed by atoms with Crippen LogP contribution >= 0.6 is 0 Å². The zero-order valence-corrected chi connectivity index (χ0v) is 29.6. The lowest BCUT2D eigenvalue weighted by Gasteiger charge is -2.61. The monoisotopic (exact) mass is 678 g/mol. The molecule has 0 radical (unpaired) electrons. The maximum atomic E-state index is 6.25. The Hall–Kier alpha value is -5.66. The number of fused-ring (bicyclic) bond motifs is 9. The van der Waals surface area contributed by atoms with Crippen LogP contribution in [-0.4, -0.2) is 0 Å². The highest BCUT2D eigenvalue weighted by Crippen LogP contribution is 2.69. The third kappa shape index (κ3) is 3.68. The van der Waals surface area contributed by atoms with Crippen LogP contribution in [-0.2, 0) is 5.41 Å². The lowest BCUT2D eigenvalue weighted by molar-refractivity contribution is -0.0399. The molecule has 1 heterocycles. The number of furan rings is 1. The summed E-state index contributed by atoms with van der Waals surface area (Å²) in [6.45, 7) is 0. The Balaban J connectivity index is 1.08. The molecule has 53 heavy (non-hydrogen) atoms. The normalized spacial score (nSPS) is 23.9. The van der Waals surface area contributed by atoms with Gasteiger partial charge in [0, 0.05) is 16.2 Å². The fourth-order valence-corrected chi connectivity index (χ4v) is 12.8. The topological polar surface area (TPSA) is 13.1 Å². The Morgan fingerprint density at radius 3 is 1.74 bits per heavy atom. The molecule has 1 aromatic heterocycles. The van der Waals surface area contributed by atoms with Gasteiger partial charge in [-0.15, -0.1) is 0 Å². The van der Waals surface area contributed by atoms with E-state index in [0.29, 0.717) is 0 Å². The van der Waals surface area contributed by atoms with Gasteiger partial charge < -0.3 is 4.42 Å². The number of para-hydroxylation sites is 1. The van der Waals surface area contributed by atoms with E-state index in [1.807, 2.05) is 6.07 Å². The molecule has 8 aromatic carbocycles. The molecular formula is C52H38O. The van der Waals surface area contributed by atoms with E-state index in [9.17, 15) is 0 Å². The highest BCUT2D eigenvalue weighted by atomic mass is 16.3. The quantitative estimate of drug-likeness (QED) is 0.166. The fourth-order valence-electron chi connectivity index (χ4n) is 12.8. The second-order valence-electron chi connectivity index (χ2n) is 16.8. The van der Waals surface area contributed by atoms with Crippen LogP contribution in [0.4, 0.5) is 0 Å². The van der Waals surface area contributed by atoms with E-state index in [0.717, 1.165) is 45.6 Å². The van der Waals surface area contributed by atoms with Crippen LogP contribution in [0.15, 0.2) is 150 Å². The summed E-state index contributed by atoms with van der Waals surface area (Å²) < 4.78 is 6.25. The highest BCUT2D eigenvalue weighted by molar-refractivity contribution is 6.24. The lowest BCUT2D eigenvalue weighted by Crippen LogP contribution is -2.55. The van der Waals surface area contributed by atoms with Gasteiger partial charge in [0.1, 0.15) is 11.2 Å². The van der Waals surface area contributed by atoms with Crippen LogP contribution < -0.4 is 0 Å². The maximum Gasteiger partial charge on any atom is 0.135 e. The summed E-state index contributed by atoms with van der Waals surface area (Å²) >= 11 is 0. The molecule has 9 aromatic rings. The molecule has 14 rings (SSSR count). The minimum absolute atomic E-state index is 0.173. The summed E-state index contributed by atoms with van der Waals surface area (Å²) in [6.07, 6.45) is 7.12. The Labute approximate surface area is 308 Å². The van der Waals surface area contributed by atoms with Gasteiger partial charge in [0.25, 0.3) is 0 Å². The van der Waals surface area contributed by atoms with Gasteiger partial charge in [0.2, 0.25) is 0 Å². The second kappa shape index (κ2) is 10.3. The first-order valence-electron chi connectivity index (χ1n) is 19.8. The van der Waals surface area contributed by atoms with Crippen molar-refractivity contribution in [3.05, 3.63) is 157 Å². The molecule has 4 saturated carbocycles. The van der Waals surface area contributed by atoms with E-state index in [2.05, 4.69) is 140 Å². The van der Waals surface area contributed by atoms with Crippen LogP contribution in [0, 0.1) is 23.7 Å². The van der Waals surface area contributed by atoms with Crippen molar-refractivity contribution >= 4 is 54.3 Å². The van der Waals surface area contributed by atoms with E-state index >= 15 is 0 Å². The molecule has 0 aliphatic heterocycles. The number of benzene rings is 8. The smallest absolute Gasteiger partial charge is 0.135 e. The molecular weight excluding hydrogens is 641 g/mol. The highest BCUT2D eigenvalue weighted by Gasteiger charge is 2.61. The minimum atomic E-state index is 0.173. The van der Waals surface area contributed by atoms with Gasteiger partial charge in [-0.3, -0.25) is 0 Å². The van der Waals surface area contributed by atoms with E-state index in [1.54, 1.807) is 11.1 Å². The van der Waals surface area contributed by atoms with Crippen LogP contribution in [0.3, 0.4) is 0 Å². The van der Waals surface area contributed by atoms with Crippen molar-refractivity contribution in [3.8, 4) is 33.4 Å². The molecule has 0 atom stereocenters. The van der Waals surface area contributed by atoms with Crippen LogP contribution in [0.2, 0.25) is 0 Å². The summed E-state index contributed by atoms with van der Waals surface area (Å²) in [4.78, 5) is 0. The van der Waals surface area contributed by atoms with E-state index in [4.69, 9.17) is 4.42 Å². The Kier molecular flexibility index (Phi) is 5.59. The maximum absolute atomic E-state index is 6.25. The van der Waals surface area contributed by atoms with Crippen LogP contribution in [0.1, 0.15) is 43.2 Å². The fraction of sp³-hybridized carbons (Fsp3) is 0.192. The van der Waals surface area contributed by atoms with Crippen molar-refractivity contribution in [2.24, 2.45) is 23.7 Å². The van der Waals surface area contributed by atoms with Crippen molar-refractivity contribution < 1.29 is 4.42 Å². The molecule has 1 spiro atoms. The molecule has 5 aliphatic rings. The first-order chi connectivity index (χ1) is 26.2. The molecule has 1 heteroatoms. The van der Waals surface area contributed by atoms with Crippen molar-refractivity contribution in [3.63, 3.8) is 0 Å². The summed E-state index contributed by atoms with van der Waals surface area (Å²) in [7, 11) is 0. The molecule has 0 N–H and O–H groups in total. The first-order valence-corrected chi connectivity index (χ1v) is 19.8. The van der Waals surface area contributed by atoms with Crippen molar-refractivity contribution in [2.75, 3.05) is 0 Å². The molecule has 4 fully saturated rings. The lowest BCUT2D eigenvalue weighted by atomic mass is 9.43. The predicted molar refractivity (Wildman–Crippen MR) is 220 cm³/mol. The van der Waals surface area contributed by atoms with Gasteiger partial charge in [-0.2, -0.15) is 0 Å². The third-order valence-corrected chi connectivity index (χ3v) is 14.4. The minimum Gasteiger partial charge on any atom is -0.456 e. The first kappa shape index (κ1) is 28.9. The molecule has 5 aliphatic carbocycles. The molecule has 0 saturated heterocycles. The average Bonchev–Trinajstić information content (AvgIpc) is 3.71. The average molecular weight is 679 g/mol. The SMILES string of the molecule is c1ccc2c(c1)-c1cc3c(-c4c5ccccc5c(-c5ccc6oc7ccccc7c6c5)c5ccccc45)cccc3cc1C21C2CC3CC(C2)CC1C3. The van der Waals surface area contributed by atoms with Gasteiger partial charge in [0.05, 0.1) is 0 Å². The molecule has 0 amide bonds. The Morgan fingerprint density at radius 2 is 1.00 bits per heavy atom. The van der Waals surface area contributed by atoms with Gasteiger partial charge in [-0.05, 0) is 163 Å². The predicted octanol–water partition coefficient (Wildman–Crippen LogP) is 14.1. The number of rotatable bonds is 2. The van der Waals surface area contributed by atoms with Gasteiger partial charge in [-0.1, -0.05) is 115 Å². The largest absolute Gasteiger partial charge is 0.456 e. The molecule has 0 unspecified atom stereocenters. The Morgan fingerprint density at radius 1 is 0.396 bits per heavy atom. The van der Waals surface area contributed by atoms with Gasteiger partial charge >= 0.3 is 0 Å². The molecule has 4 bridgehead atoms. The second-order valence-corrected chi connectivity index (χ2v) is 16.8. The van der Waals surface area contributed by atoms with Crippen LogP contribution in [0.25, 0.3) is 87.6 Å². The van der Waals surface area contributed by atoms with E-state index < -0.39 is 0 Å². The van der Waals surface area contributed by atoms with Crippen molar-refractivity contribution in [1.82, 2.24) is 0 Å². The van der Waals surface area contributed by atoms with E-state index in [1.165, 1.54) is 97.8 Å². The Bertz CT molecular complexity index is 2940. The third-order valence-electron chi connectivity index (χ3n) is 14.4. The molecule has 252 valence electrons. The number of hydrogen-bond donors (Lipinski definition) is 0. The summed E-state index contributed by atoms with van der Waals surface area (Å²) in [5.41, 5.74) is 13.4. The zero-order valence-electron chi connectivity index (χ0n) is 29.6. The van der Waals surface area contributed by atoms with Crippen LogP contribution in [0.5, 0.6) is 0 Å². The van der Waals surface area contributed by atoms with Crippen molar-refractivity contribution in [2.45, 2.75) is 37.5 Å².